The molecule has 1 amide bonds. The largest absolute Gasteiger partial charge is 0.465 e. The molecule has 2 N–H and O–H groups in total. The second-order valence-corrected chi connectivity index (χ2v) is 2.70. The number of carbonyl (C=O) groups excluding carboxylic acids is 1. The number of carboxylic acid groups (broad SMARTS) is 1. The fourth-order valence-corrected chi connectivity index (χ4v) is 0.828. The van der Waals surface area contributed by atoms with Crippen molar-refractivity contribution in [1.29, 1.82) is 0 Å². The Labute approximate surface area is 88.9 Å². The van der Waals surface area contributed by atoms with E-state index in [1.165, 1.54) is 7.05 Å². The summed E-state index contributed by atoms with van der Waals surface area (Å²) in [5.41, 5.74) is 0.810. The van der Waals surface area contributed by atoms with Gasteiger partial charge < -0.3 is 10.4 Å². The van der Waals surface area contributed by atoms with Crippen LogP contribution in [-0.2, 0) is 0 Å². The van der Waals surface area contributed by atoms with Crippen molar-refractivity contribution >= 4 is 11.9 Å². The number of hydrogen-bond donors (Lipinski definition) is 2. The topological polar surface area (TPSA) is 66.4 Å². The lowest BCUT2D eigenvalue weighted by Gasteiger charge is -1.93. The van der Waals surface area contributed by atoms with Crippen molar-refractivity contribution in [2.24, 2.45) is 0 Å². The number of hydrogen-bond acceptors (Lipinski definition) is 2. The first-order valence-corrected chi connectivity index (χ1v) is 4.60. The van der Waals surface area contributed by atoms with Crippen LogP contribution in [0, 0.1) is 0 Å². The molecule has 0 saturated heterocycles. The third-order valence-electron chi connectivity index (χ3n) is 1.63. The van der Waals surface area contributed by atoms with E-state index < -0.39 is 6.09 Å². The lowest BCUT2D eigenvalue weighted by atomic mass is 10.1. The molecule has 1 aromatic carbocycles. The van der Waals surface area contributed by atoms with E-state index in [1.54, 1.807) is 0 Å². The lowest BCUT2D eigenvalue weighted by molar-refractivity contribution is 0.0988. The fourth-order valence-electron chi connectivity index (χ4n) is 0.828. The predicted octanol–water partition coefficient (Wildman–Crippen LogP) is 2.16. The molecule has 0 spiro atoms. The Bertz CT molecular complexity index is 309. The van der Waals surface area contributed by atoms with Crippen LogP contribution < -0.4 is 5.32 Å². The van der Waals surface area contributed by atoms with Gasteiger partial charge in [-0.25, -0.2) is 4.79 Å². The molecule has 1 rings (SSSR count). The molecule has 4 heteroatoms. The summed E-state index contributed by atoms with van der Waals surface area (Å²) in [4.78, 5) is 20.3. The normalized spacial score (nSPS) is 8.40. The summed E-state index contributed by atoms with van der Waals surface area (Å²) in [7, 11) is 1.35. The van der Waals surface area contributed by atoms with Crippen molar-refractivity contribution in [3.63, 3.8) is 0 Å². The summed E-state index contributed by atoms with van der Waals surface area (Å²) in [5, 5.41) is 9.56. The highest BCUT2D eigenvalue weighted by Gasteiger charge is 1.98. The van der Waals surface area contributed by atoms with Crippen LogP contribution in [0.1, 0.15) is 23.7 Å². The average molecular weight is 209 g/mol. The molecule has 0 aliphatic carbocycles. The zero-order valence-electron chi connectivity index (χ0n) is 8.86. The SMILES string of the molecule is CCC(=O)c1ccccc1.CNC(=O)O. The number of amides is 1. The van der Waals surface area contributed by atoms with Crippen molar-refractivity contribution in [3.05, 3.63) is 35.9 Å². The van der Waals surface area contributed by atoms with E-state index in [-0.39, 0.29) is 5.78 Å². The molecule has 0 aromatic heterocycles. The van der Waals surface area contributed by atoms with E-state index in [0.717, 1.165) is 5.56 Å². The second-order valence-electron chi connectivity index (χ2n) is 2.70. The van der Waals surface area contributed by atoms with Gasteiger partial charge in [0, 0.05) is 19.0 Å². The Balaban J connectivity index is 0.000000336. The molecule has 0 aliphatic heterocycles. The Morgan fingerprint density at radius 2 is 1.73 bits per heavy atom. The molecule has 1 aromatic rings. The highest BCUT2D eigenvalue weighted by molar-refractivity contribution is 5.95. The molecule has 0 radical (unpaired) electrons. The van der Waals surface area contributed by atoms with Gasteiger partial charge in [-0.15, -0.1) is 0 Å². The Kier molecular flexibility index (Phi) is 6.63. The highest BCUT2D eigenvalue weighted by Crippen LogP contribution is 2.01. The maximum Gasteiger partial charge on any atom is 0.404 e. The standard InChI is InChI=1S/C9H10O.C2H5NO2/c1-2-9(10)8-6-4-3-5-7-8;1-3-2(4)5/h3-7H,2H2,1H3;3H,1H3,(H,4,5). The smallest absolute Gasteiger partial charge is 0.404 e. The number of carbonyl (C=O) groups is 2. The van der Waals surface area contributed by atoms with Crippen LogP contribution in [0.5, 0.6) is 0 Å². The highest BCUT2D eigenvalue weighted by atomic mass is 16.4. The van der Waals surface area contributed by atoms with E-state index in [0.29, 0.717) is 6.42 Å². The minimum Gasteiger partial charge on any atom is -0.465 e. The molecule has 82 valence electrons. The summed E-state index contributed by atoms with van der Waals surface area (Å²) in [6, 6.07) is 9.34. The number of Topliss-reactive ketones (excluding diaryl/α,β-unsaturated/α-hetero) is 1. The molecule has 0 unspecified atom stereocenters. The quantitative estimate of drug-likeness (QED) is 0.733. The molecule has 0 bridgehead atoms. The number of rotatable bonds is 2. The van der Waals surface area contributed by atoms with Gasteiger partial charge in [-0.1, -0.05) is 37.3 Å². The van der Waals surface area contributed by atoms with Crippen molar-refractivity contribution in [2.75, 3.05) is 7.05 Å². The van der Waals surface area contributed by atoms with Crippen molar-refractivity contribution in [2.45, 2.75) is 13.3 Å². The van der Waals surface area contributed by atoms with E-state index in [4.69, 9.17) is 5.11 Å². The second kappa shape index (κ2) is 7.55. The first-order valence-electron chi connectivity index (χ1n) is 4.60. The van der Waals surface area contributed by atoms with Crippen LogP contribution in [0.3, 0.4) is 0 Å². The fraction of sp³-hybridized carbons (Fsp3) is 0.273. The van der Waals surface area contributed by atoms with Crippen LogP contribution >= 0.6 is 0 Å². The third-order valence-corrected chi connectivity index (χ3v) is 1.63. The summed E-state index contributed by atoms with van der Waals surface area (Å²) in [6.45, 7) is 1.87. The van der Waals surface area contributed by atoms with Gasteiger partial charge in [-0.05, 0) is 0 Å². The van der Waals surface area contributed by atoms with Gasteiger partial charge >= 0.3 is 6.09 Å². The number of nitrogens with one attached hydrogen (secondary N) is 1. The van der Waals surface area contributed by atoms with Gasteiger partial charge in [0.2, 0.25) is 0 Å². The first-order chi connectivity index (χ1) is 7.11. The number of ketones is 1. The van der Waals surface area contributed by atoms with Gasteiger partial charge in [0.15, 0.2) is 5.78 Å². The Morgan fingerprint density at radius 1 is 1.27 bits per heavy atom. The maximum absolute atomic E-state index is 11.0. The Morgan fingerprint density at radius 3 is 2.07 bits per heavy atom. The summed E-state index contributed by atoms with van der Waals surface area (Å²) in [6.07, 6.45) is -0.408. The molecular weight excluding hydrogens is 194 g/mol. The van der Waals surface area contributed by atoms with E-state index in [9.17, 15) is 9.59 Å². The summed E-state index contributed by atoms with van der Waals surface area (Å²) in [5.74, 6) is 0.209. The van der Waals surface area contributed by atoms with Crippen LogP contribution in [0.25, 0.3) is 0 Å². The van der Waals surface area contributed by atoms with E-state index >= 15 is 0 Å². The third kappa shape index (κ3) is 6.26. The van der Waals surface area contributed by atoms with E-state index in [2.05, 4.69) is 0 Å². The van der Waals surface area contributed by atoms with Crippen LogP contribution in [0.2, 0.25) is 0 Å². The van der Waals surface area contributed by atoms with Gasteiger partial charge in [-0.2, -0.15) is 0 Å². The number of benzene rings is 1. The minimum absolute atomic E-state index is 0.209. The minimum atomic E-state index is -0.995. The van der Waals surface area contributed by atoms with Crippen molar-refractivity contribution < 1.29 is 14.7 Å². The molecular formula is C11H15NO3. The lowest BCUT2D eigenvalue weighted by Crippen LogP contribution is -2.13. The maximum atomic E-state index is 11.0. The summed E-state index contributed by atoms with van der Waals surface area (Å²) < 4.78 is 0. The van der Waals surface area contributed by atoms with Crippen LogP contribution in [-0.4, -0.2) is 24.0 Å². The molecule has 0 fully saturated rings. The first kappa shape index (κ1) is 13.2. The molecule has 0 aliphatic rings. The van der Waals surface area contributed by atoms with E-state index in [1.807, 2.05) is 42.6 Å². The van der Waals surface area contributed by atoms with Crippen molar-refractivity contribution in [3.8, 4) is 0 Å². The Hall–Kier alpha value is -1.84. The van der Waals surface area contributed by atoms with Crippen LogP contribution in [0.15, 0.2) is 30.3 Å². The van der Waals surface area contributed by atoms with Gasteiger partial charge in [-0.3, -0.25) is 4.79 Å². The van der Waals surface area contributed by atoms with Gasteiger partial charge in [0.1, 0.15) is 0 Å². The van der Waals surface area contributed by atoms with Crippen LogP contribution in [0.4, 0.5) is 4.79 Å². The predicted molar refractivity (Wildman–Crippen MR) is 58.1 cm³/mol. The van der Waals surface area contributed by atoms with Gasteiger partial charge in [0.05, 0.1) is 0 Å². The monoisotopic (exact) mass is 209 g/mol. The zero-order valence-corrected chi connectivity index (χ0v) is 8.86. The average Bonchev–Trinajstić information content (AvgIpc) is 2.30. The zero-order chi connectivity index (χ0) is 11.7. The molecule has 4 nitrogen and oxygen atoms in total. The molecule has 0 heterocycles. The summed E-state index contributed by atoms with van der Waals surface area (Å²) >= 11 is 0. The molecule has 15 heavy (non-hydrogen) atoms. The van der Waals surface area contributed by atoms with Crippen molar-refractivity contribution in [1.82, 2.24) is 5.32 Å². The molecule has 0 atom stereocenters. The van der Waals surface area contributed by atoms with Gasteiger partial charge in [0.25, 0.3) is 0 Å². The molecule has 0 saturated carbocycles.